The predicted molar refractivity (Wildman–Crippen MR) is 163 cm³/mol. The van der Waals surface area contributed by atoms with Gasteiger partial charge >= 0.3 is 12.8 Å². The second-order valence-electron chi connectivity index (χ2n) is 10.8. The van der Waals surface area contributed by atoms with Crippen LogP contribution in [0, 0.1) is 0 Å². The quantitative estimate of drug-likeness (QED) is 0.233. The van der Waals surface area contributed by atoms with Gasteiger partial charge in [-0.1, -0.05) is 19.1 Å². The summed E-state index contributed by atoms with van der Waals surface area (Å²) in [6, 6.07) is 15.0. The number of alkyl halides is 5. The molecule has 2 N–H and O–H groups in total. The average Bonchev–Trinajstić information content (AvgIpc) is 3.45. The first kappa shape index (κ1) is 35.6. The summed E-state index contributed by atoms with van der Waals surface area (Å²) in [5.74, 6) is -0.753. The third-order valence-corrected chi connectivity index (χ3v) is 9.48. The summed E-state index contributed by atoms with van der Waals surface area (Å²) in [6.45, 7) is -1.61. The molecule has 1 heterocycles. The molecule has 0 bridgehead atoms. The van der Waals surface area contributed by atoms with Crippen molar-refractivity contribution >= 4 is 27.3 Å². The maximum absolute atomic E-state index is 13.2. The molecule has 1 saturated heterocycles. The van der Waals surface area contributed by atoms with Crippen LogP contribution < -0.4 is 20.3 Å². The molecule has 3 atom stereocenters. The Bertz CT molecular complexity index is 1620. The van der Waals surface area contributed by atoms with Gasteiger partial charge in [0, 0.05) is 24.7 Å². The fraction of sp³-hybridized carbons (Fsp3) is 0.375. The lowest BCUT2D eigenvalue weighted by atomic mass is 10.0. The van der Waals surface area contributed by atoms with E-state index in [9.17, 15) is 40.0 Å². The second kappa shape index (κ2) is 15.1. The van der Waals surface area contributed by atoms with E-state index in [0.29, 0.717) is 11.3 Å². The third kappa shape index (κ3) is 9.41. The maximum Gasteiger partial charge on any atom is 0.416 e. The summed E-state index contributed by atoms with van der Waals surface area (Å²) in [5.41, 5.74) is 0.493. The normalized spacial score (nSPS) is 17.4. The smallest absolute Gasteiger partial charge is 0.416 e. The van der Waals surface area contributed by atoms with Crippen LogP contribution >= 0.6 is 0 Å². The summed E-state index contributed by atoms with van der Waals surface area (Å²) >= 11 is 0. The zero-order valence-electron chi connectivity index (χ0n) is 25.5. The first-order valence-electron chi connectivity index (χ1n) is 14.6. The van der Waals surface area contributed by atoms with Crippen LogP contribution in [0.2, 0.25) is 0 Å². The molecule has 9 nitrogen and oxygen atoms in total. The lowest BCUT2D eigenvalue weighted by Crippen LogP contribution is -2.34. The molecular weight excluding hydrogens is 649 g/mol. The Morgan fingerprint density at radius 2 is 1.62 bits per heavy atom. The highest BCUT2D eigenvalue weighted by Gasteiger charge is 2.35. The average molecular weight is 684 g/mol. The van der Waals surface area contributed by atoms with Gasteiger partial charge in [-0.05, 0) is 66.2 Å². The molecule has 1 fully saturated rings. The van der Waals surface area contributed by atoms with Gasteiger partial charge in [0.15, 0.2) is 9.84 Å². The molecule has 4 rings (SSSR count). The van der Waals surface area contributed by atoms with Crippen molar-refractivity contribution in [3.63, 3.8) is 0 Å². The number of nitrogens with one attached hydrogen (secondary N) is 2. The fourth-order valence-corrected chi connectivity index (χ4v) is 6.08. The van der Waals surface area contributed by atoms with Crippen molar-refractivity contribution in [1.82, 2.24) is 10.6 Å². The lowest BCUT2D eigenvalue weighted by molar-refractivity contribution is -0.137. The highest BCUT2D eigenvalue weighted by Crippen LogP contribution is 2.33. The first-order valence-corrected chi connectivity index (χ1v) is 16.3. The van der Waals surface area contributed by atoms with Gasteiger partial charge in [-0.2, -0.15) is 22.0 Å². The largest absolute Gasteiger partial charge is 0.489 e. The van der Waals surface area contributed by atoms with Gasteiger partial charge in [0.2, 0.25) is 5.91 Å². The number of carbonyl (C=O) groups is 2. The van der Waals surface area contributed by atoms with E-state index in [1.54, 1.807) is 17.0 Å². The molecule has 0 aromatic heterocycles. The van der Waals surface area contributed by atoms with Crippen LogP contribution in [-0.4, -0.2) is 64.9 Å². The molecule has 1 aliphatic heterocycles. The van der Waals surface area contributed by atoms with Crippen LogP contribution in [0.15, 0.2) is 77.7 Å². The van der Waals surface area contributed by atoms with E-state index in [-0.39, 0.29) is 53.9 Å². The van der Waals surface area contributed by atoms with Crippen LogP contribution in [-0.2, 0) is 25.5 Å². The van der Waals surface area contributed by atoms with Gasteiger partial charge in [0.05, 0.1) is 47.9 Å². The van der Waals surface area contributed by atoms with E-state index >= 15 is 0 Å². The Kier molecular flexibility index (Phi) is 11.4. The Hall–Kier alpha value is -4.24. The Morgan fingerprint density at radius 3 is 2.17 bits per heavy atom. The van der Waals surface area contributed by atoms with Gasteiger partial charge in [0.1, 0.15) is 11.9 Å². The number of halogens is 5. The molecule has 0 spiro atoms. The van der Waals surface area contributed by atoms with Crippen LogP contribution in [0.1, 0.15) is 47.3 Å². The minimum absolute atomic E-state index is 0.0784. The highest BCUT2D eigenvalue weighted by atomic mass is 32.2. The van der Waals surface area contributed by atoms with Crippen molar-refractivity contribution in [3.8, 4) is 5.75 Å². The SMILES string of the molecule is CCS(=O)(=O)c1ccc([C@H](CC(=O)NC)NC(=O)c2ccc(N3C[C@@H](Oc4ccc(C(F)(F)F)cc4)C[C@H]3COC(F)F)cc2)cc1. The van der Waals surface area contributed by atoms with E-state index in [0.717, 1.165) is 12.1 Å². The molecule has 3 aromatic rings. The first-order chi connectivity index (χ1) is 22.2. The van der Waals surface area contributed by atoms with Crippen LogP contribution in [0.3, 0.4) is 0 Å². The number of benzene rings is 3. The van der Waals surface area contributed by atoms with E-state index in [2.05, 4.69) is 15.4 Å². The highest BCUT2D eigenvalue weighted by molar-refractivity contribution is 7.91. The number of sulfone groups is 1. The molecule has 47 heavy (non-hydrogen) atoms. The molecule has 15 heteroatoms. The van der Waals surface area contributed by atoms with E-state index < -0.39 is 52.3 Å². The zero-order valence-corrected chi connectivity index (χ0v) is 26.3. The summed E-state index contributed by atoms with van der Waals surface area (Å²) in [7, 11) is -1.99. The molecule has 0 radical (unpaired) electrons. The molecule has 0 unspecified atom stereocenters. The number of hydrogen-bond donors (Lipinski definition) is 2. The number of rotatable bonds is 13. The Balaban J connectivity index is 1.48. The third-order valence-electron chi connectivity index (χ3n) is 7.73. The predicted octanol–water partition coefficient (Wildman–Crippen LogP) is 5.37. The Morgan fingerprint density at radius 1 is 0.979 bits per heavy atom. The lowest BCUT2D eigenvalue weighted by Gasteiger charge is -2.26. The van der Waals surface area contributed by atoms with Gasteiger partial charge in [-0.25, -0.2) is 8.42 Å². The summed E-state index contributed by atoms with van der Waals surface area (Å²) < 4.78 is 99.4. The van der Waals surface area contributed by atoms with Gasteiger partial charge in [0.25, 0.3) is 5.91 Å². The van der Waals surface area contributed by atoms with Crippen molar-refractivity contribution in [1.29, 1.82) is 0 Å². The summed E-state index contributed by atoms with van der Waals surface area (Å²) in [4.78, 5) is 27.3. The minimum atomic E-state index is -4.50. The van der Waals surface area contributed by atoms with Crippen molar-refractivity contribution in [2.75, 3.05) is 30.9 Å². The molecule has 0 aliphatic carbocycles. The summed E-state index contributed by atoms with van der Waals surface area (Å²) in [6.07, 6.45) is -4.92. The number of nitrogens with zero attached hydrogens (tertiary/aromatic N) is 1. The van der Waals surface area contributed by atoms with Crippen LogP contribution in [0.5, 0.6) is 5.75 Å². The molecular formula is C32H34F5N3O6S. The van der Waals surface area contributed by atoms with Crippen molar-refractivity contribution in [2.24, 2.45) is 0 Å². The van der Waals surface area contributed by atoms with Crippen molar-refractivity contribution in [2.45, 2.75) is 55.6 Å². The number of hydrogen-bond acceptors (Lipinski definition) is 7. The van der Waals surface area contributed by atoms with Crippen molar-refractivity contribution in [3.05, 3.63) is 89.5 Å². The molecule has 254 valence electrons. The van der Waals surface area contributed by atoms with Crippen LogP contribution in [0.4, 0.5) is 27.6 Å². The monoisotopic (exact) mass is 683 g/mol. The van der Waals surface area contributed by atoms with Crippen LogP contribution in [0.25, 0.3) is 0 Å². The molecule has 2 amide bonds. The number of amides is 2. The van der Waals surface area contributed by atoms with Gasteiger partial charge in [-0.15, -0.1) is 0 Å². The van der Waals surface area contributed by atoms with Gasteiger partial charge < -0.3 is 25.0 Å². The van der Waals surface area contributed by atoms with E-state index in [1.165, 1.54) is 62.5 Å². The molecule has 0 saturated carbocycles. The standard InChI is InChI=1S/C32H34F5N3O6S/c1-3-47(43,44)27-14-6-20(7-15-27)28(17-29(41)38-2)39-30(42)21-4-10-23(11-5-21)40-18-26(16-24(40)19-45-31(33)34)46-25-12-8-22(9-13-25)32(35,36)37/h4-15,24,26,28,31H,3,16-19H2,1-2H3,(H,38,41)(H,39,42)/t24-,26-,28-/m0/s1. The van der Waals surface area contributed by atoms with Crippen molar-refractivity contribution < 1.29 is 49.4 Å². The maximum atomic E-state index is 13.2. The number of carbonyl (C=O) groups excluding carboxylic acids is 2. The minimum Gasteiger partial charge on any atom is -0.489 e. The van der Waals surface area contributed by atoms with E-state index in [4.69, 9.17) is 4.74 Å². The fourth-order valence-electron chi connectivity index (χ4n) is 5.19. The molecule has 1 aliphatic rings. The molecule has 3 aromatic carbocycles. The van der Waals surface area contributed by atoms with Gasteiger partial charge in [-0.3, -0.25) is 9.59 Å². The second-order valence-corrected chi connectivity index (χ2v) is 13.1. The number of anilines is 1. The summed E-state index contributed by atoms with van der Waals surface area (Å²) in [5, 5.41) is 5.31. The number of ether oxygens (including phenoxy) is 2. The topological polar surface area (TPSA) is 114 Å². The Labute approximate surface area is 269 Å². The van der Waals surface area contributed by atoms with E-state index in [1.807, 2.05) is 0 Å². The zero-order chi connectivity index (χ0) is 34.4.